The number of nitrogens with one attached hydrogen (secondary N) is 1. The number of tetrazole rings is 1. The Morgan fingerprint density at radius 2 is 2.00 bits per heavy atom. The van der Waals surface area contributed by atoms with Crippen LogP contribution in [0, 0.1) is 0 Å². The molecule has 3 rings (SSSR count). The zero-order valence-electron chi connectivity index (χ0n) is 9.47. The van der Waals surface area contributed by atoms with E-state index in [4.69, 9.17) is 4.74 Å². The Labute approximate surface area is 99.2 Å². The van der Waals surface area contributed by atoms with Crippen LogP contribution in [0.2, 0.25) is 0 Å². The summed E-state index contributed by atoms with van der Waals surface area (Å²) in [7, 11) is 0. The normalized spacial score (nSPS) is 17.2. The van der Waals surface area contributed by atoms with E-state index in [0.29, 0.717) is 11.7 Å². The Bertz CT molecular complexity index is 477. The number of hydrogen-bond donors (Lipinski definition) is 1. The number of nitrogens with zero attached hydrogens (tertiary/aromatic N) is 3. The Morgan fingerprint density at radius 3 is 2.76 bits per heavy atom. The van der Waals surface area contributed by atoms with Crippen molar-refractivity contribution in [3.05, 3.63) is 29.8 Å². The highest BCUT2D eigenvalue weighted by atomic mass is 16.5. The maximum Gasteiger partial charge on any atom is 0.204 e. The van der Waals surface area contributed by atoms with Gasteiger partial charge in [0, 0.05) is 18.8 Å². The summed E-state index contributed by atoms with van der Waals surface area (Å²) in [5, 5.41) is 14.3. The molecular weight excluding hydrogens is 216 g/mol. The quantitative estimate of drug-likeness (QED) is 0.853. The van der Waals surface area contributed by atoms with Crippen LogP contribution in [0.25, 0.3) is 11.4 Å². The van der Waals surface area contributed by atoms with Gasteiger partial charge in [0.15, 0.2) is 0 Å². The summed E-state index contributed by atoms with van der Waals surface area (Å²) in [6, 6.07) is 8.28. The van der Waals surface area contributed by atoms with Crippen LogP contribution in [0.4, 0.5) is 0 Å². The van der Waals surface area contributed by atoms with E-state index >= 15 is 0 Å². The van der Waals surface area contributed by atoms with Crippen molar-refractivity contribution in [3.63, 3.8) is 0 Å². The average molecular weight is 230 g/mol. The van der Waals surface area contributed by atoms with Crippen molar-refractivity contribution in [2.75, 3.05) is 13.2 Å². The second kappa shape index (κ2) is 4.63. The van der Waals surface area contributed by atoms with Crippen LogP contribution in [0.3, 0.4) is 0 Å². The molecule has 0 saturated carbocycles. The minimum Gasteiger partial charge on any atom is -0.381 e. The molecule has 5 heteroatoms. The third-order valence-electron chi connectivity index (χ3n) is 3.21. The number of rotatable bonds is 2. The lowest BCUT2D eigenvalue weighted by Crippen LogP contribution is -2.14. The highest BCUT2D eigenvalue weighted by Gasteiger charge is 2.20. The third-order valence-corrected chi connectivity index (χ3v) is 3.21. The first-order chi connectivity index (χ1) is 8.45. The molecule has 17 heavy (non-hydrogen) atoms. The van der Waals surface area contributed by atoms with Gasteiger partial charge in [0.2, 0.25) is 5.82 Å². The molecule has 0 unspecified atom stereocenters. The van der Waals surface area contributed by atoms with Gasteiger partial charge in [0.1, 0.15) is 0 Å². The van der Waals surface area contributed by atoms with Gasteiger partial charge in [-0.25, -0.2) is 0 Å². The molecule has 88 valence electrons. The Morgan fingerprint density at radius 1 is 1.18 bits per heavy atom. The Balaban J connectivity index is 1.98. The molecule has 1 aromatic heterocycles. The van der Waals surface area contributed by atoms with Crippen molar-refractivity contribution in [2.45, 2.75) is 18.8 Å². The molecule has 5 nitrogen and oxygen atoms in total. The molecule has 0 aliphatic carbocycles. The lowest BCUT2D eigenvalue weighted by Gasteiger charge is -2.23. The van der Waals surface area contributed by atoms with Crippen LogP contribution in [0.5, 0.6) is 0 Å². The number of ether oxygens (including phenoxy) is 1. The van der Waals surface area contributed by atoms with Crippen molar-refractivity contribution in [3.8, 4) is 11.4 Å². The molecule has 2 heterocycles. The minimum atomic E-state index is 0.540. The van der Waals surface area contributed by atoms with Crippen LogP contribution in [0.1, 0.15) is 24.3 Å². The highest BCUT2D eigenvalue weighted by Crippen LogP contribution is 2.32. The van der Waals surface area contributed by atoms with Gasteiger partial charge < -0.3 is 4.74 Å². The van der Waals surface area contributed by atoms with E-state index in [1.165, 1.54) is 5.56 Å². The Kier molecular flexibility index (Phi) is 2.83. The maximum atomic E-state index is 5.40. The van der Waals surface area contributed by atoms with E-state index in [0.717, 1.165) is 31.6 Å². The largest absolute Gasteiger partial charge is 0.381 e. The van der Waals surface area contributed by atoms with Gasteiger partial charge in [-0.05, 0) is 29.5 Å². The van der Waals surface area contributed by atoms with Crippen molar-refractivity contribution >= 4 is 0 Å². The van der Waals surface area contributed by atoms with Gasteiger partial charge >= 0.3 is 0 Å². The molecule has 1 aliphatic rings. The number of aromatic amines is 1. The van der Waals surface area contributed by atoms with Gasteiger partial charge in [-0.1, -0.05) is 24.3 Å². The first kappa shape index (κ1) is 10.4. The predicted octanol–water partition coefficient (Wildman–Crippen LogP) is 1.76. The molecule has 0 bridgehead atoms. The van der Waals surface area contributed by atoms with Crippen molar-refractivity contribution in [1.82, 2.24) is 20.6 Å². The fourth-order valence-electron chi connectivity index (χ4n) is 2.34. The topological polar surface area (TPSA) is 63.7 Å². The molecule has 1 aliphatic heterocycles. The predicted molar refractivity (Wildman–Crippen MR) is 62.4 cm³/mol. The number of H-pyrrole nitrogens is 1. The molecule has 1 fully saturated rings. The van der Waals surface area contributed by atoms with Crippen LogP contribution >= 0.6 is 0 Å². The zero-order valence-corrected chi connectivity index (χ0v) is 9.47. The molecule has 0 atom stereocenters. The number of aromatic nitrogens is 4. The molecule has 0 spiro atoms. The molecule has 2 aromatic rings. The average Bonchev–Trinajstić information content (AvgIpc) is 2.94. The summed E-state index contributed by atoms with van der Waals surface area (Å²) in [6.07, 6.45) is 2.13. The molecule has 1 aromatic carbocycles. The lowest BCUT2D eigenvalue weighted by atomic mass is 9.88. The zero-order chi connectivity index (χ0) is 11.5. The van der Waals surface area contributed by atoms with E-state index in [1.54, 1.807) is 0 Å². The Hall–Kier alpha value is -1.75. The van der Waals surface area contributed by atoms with Gasteiger partial charge in [-0.2, -0.15) is 5.21 Å². The summed E-state index contributed by atoms with van der Waals surface area (Å²) in [5.41, 5.74) is 2.38. The molecule has 0 radical (unpaired) electrons. The van der Waals surface area contributed by atoms with Crippen molar-refractivity contribution in [2.24, 2.45) is 0 Å². The van der Waals surface area contributed by atoms with E-state index < -0.39 is 0 Å². The van der Waals surface area contributed by atoms with Crippen molar-refractivity contribution in [1.29, 1.82) is 0 Å². The third kappa shape index (κ3) is 2.06. The van der Waals surface area contributed by atoms with E-state index in [-0.39, 0.29) is 0 Å². The maximum absolute atomic E-state index is 5.40. The van der Waals surface area contributed by atoms with Crippen LogP contribution in [0.15, 0.2) is 24.3 Å². The fraction of sp³-hybridized carbons (Fsp3) is 0.417. The second-order valence-electron chi connectivity index (χ2n) is 4.21. The van der Waals surface area contributed by atoms with E-state index in [9.17, 15) is 0 Å². The summed E-state index contributed by atoms with van der Waals surface area (Å²) in [5.74, 6) is 1.21. The monoisotopic (exact) mass is 230 g/mol. The van der Waals surface area contributed by atoms with Gasteiger partial charge in [0.25, 0.3) is 0 Å². The standard InChI is InChI=1S/C12H14N4O/c1-2-4-11(12-13-15-16-14-12)10(3-1)9-5-7-17-8-6-9/h1-4,9H,5-8H2,(H,13,14,15,16). The van der Waals surface area contributed by atoms with E-state index in [1.807, 2.05) is 6.07 Å². The SMILES string of the molecule is c1ccc(C2CCOCC2)c(-c2nn[nH]n2)c1. The number of hydrogen-bond acceptors (Lipinski definition) is 4. The summed E-state index contributed by atoms with van der Waals surface area (Å²) >= 11 is 0. The minimum absolute atomic E-state index is 0.540. The van der Waals surface area contributed by atoms with E-state index in [2.05, 4.69) is 38.8 Å². The van der Waals surface area contributed by atoms with Crippen LogP contribution < -0.4 is 0 Å². The smallest absolute Gasteiger partial charge is 0.204 e. The van der Waals surface area contributed by atoms with Crippen LogP contribution in [-0.4, -0.2) is 33.8 Å². The van der Waals surface area contributed by atoms with Gasteiger partial charge in [-0.3, -0.25) is 0 Å². The first-order valence-electron chi connectivity index (χ1n) is 5.85. The molecular formula is C12H14N4O. The number of benzene rings is 1. The van der Waals surface area contributed by atoms with Gasteiger partial charge in [-0.15, -0.1) is 10.2 Å². The summed E-state index contributed by atoms with van der Waals surface area (Å²) in [4.78, 5) is 0. The first-order valence-corrected chi connectivity index (χ1v) is 5.85. The fourth-order valence-corrected chi connectivity index (χ4v) is 2.34. The summed E-state index contributed by atoms with van der Waals surface area (Å²) < 4.78 is 5.40. The molecule has 0 amide bonds. The summed E-state index contributed by atoms with van der Waals surface area (Å²) in [6.45, 7) is 1.68. The van der Waals surface area contributed by atoms with Crippen molar-refractivity contribution < 1.29 is 4.74 Å². The second-order valence-corrected chi connectivity index (χ2v) is 4.21. The highest BCUT2D eigenvalue weighted by molar-refractivity contribution is 5.60. The van der Waals surface area contributed by atoms with Gasteiger partial charge in [0.05, 0.1) is 0 Å². The van der Waals surface area contributed by atoms with Crippen LogP contribution in [-0.2, 0) is 4.74 Å². The molecule has 1 saturated heterocycles. The lowest BCUT2D eigenvalue weighted by molar-refractivity contribution is 0.0854. The molecule has 1 N–H and O–H groups in total.